The van der Waals surface area contributed by atoms with E-state index in [1.807, 2.05) is 31.2 Å². The number of nitrogens with two attached hydrogens (primary N) is 1. The monoisotopic (exact) mass is 272 g/mol. The molecule has 0 radical (unpaired) electrons. The molecule has 1 aromatic heterocycles. The van der Waals surface area contributed by atoms with Crippen molar-refractivity contribution in [2.24, 2.45) is 5.84 Å². The molecule has 1 aliphatic heterocycles. The molecular weight excluding hydrogens is 256 g/mol. The molecule has 0 saturated carbocycles. The Labute approximate surface area is 116 Å². The number of ether oxygens (including phenoxy) is 2. The fourth-order valence-corrected chi connectivity index (χ4v) is 2.06. The van der Waals surface area contributed by atoms with E-state index in [-0.39, 0.29) is 0 Å². The largest absolute Gasteiger partial charge is 0.486 e. The van der Waals surface area contributed by atoms with E-state index in [0.717, 1.165) is 29.2 Å². The van der Waals surface area contributed by atoms with Crippen LogP contribution in [0.1, 0.15) is 12.6 Å². The van der Waals surface area contributed by atoms with Crippen molar-refractivity contribution >= 4 is 5.82 Å². The van der Waals surface area contributed by atoms with E-state index in [9.17, 15) is 0 Å². The molecule has 0 atom stereocenters. The van der Waals surface area contributed by atoms with E-state index < -0.39 is 0 Å². The minimum Gasteiger partial charge on any atom is -0.486 e. The van der Waals surface area contributed by atoms with Gasteiger partial charge in [0.05, 0.1) is 0 Å². The predicted octanol–water partition coefficient (Wildman–Crippen LogP) is 1.76. The van der Waals surface area contributed by atoms with Gasteiger partial charge in [0.1, 0.15) is 19.0 Å². The van der Waals surface area contributed by atoms with Gasteiger partial charge in [0, 0.05) is 17.3 Å². The van der Waals surface area contributed by atoms with E-state index in [4.69, 9.17) is 15.3 Å². The molecule has 0 amide bonds. The number of hydrazine groups is 1. The zero-order valence-electron chi connectivity index (χ0n) is 11.2. The third-order valence-electron chi connectivity index (χ3n) is 3.09. The van der Waals surface area contributed by atoms with Crippen LogP contribution in [0.15, 0.2) is 24.3 Å². The molecule has 1 aliphatic rings. The lowest BCUT2D eigenvalue weighted by atomic mass is 10.1. The molecule has 2 heterocycles. The Hall–Kier alpha value is -2.34. The minimum atomic E-state index is 0.557. The summed E-state index contributed by atoms with van der Waals surface area (Å²) in [4.78, 5) is 8.89. The van der Waals surface area contributed by atoms with E-state index in [1.165, 1.54) is 0 Å². The molecule has 6 heteroatoms. The van der Waals surface area contributed by atoms with E-state index in [2.05, 4.69) is 15.4 Å². The lowest BCUT2D eigenvalue weighted by Crippen LogP contribution is -2.15. The lowest BCUT2D eigenvalue weighted by molar-refractivity contribution is 0.171. The van der Waals surface area contributed by atoms with Crippen LogP contribution in [0, 0.1) is 0 Å². The number of anilines is 1. The smallest absolute Gasteiger partial charge is 0.162 e. The molecular formula is C14H16N4O2. The van der Waals surface area contributed by atoms with Crippen molar-refractivity contribution in [1.82, 2.24) is 9.97 Å². The summed E-state index contributed by atoms with van der Waals surface area (Å²) in [5.74, 6) is 8.14. The molecule has 3 N–H and O–H groups in total. The summed E-state index contributed by atoms with van der Waals surface area (Å²) >= 11 is 0. The quantitative estimate of drug-likeness (QED) is 0.654. The van der Waals surface area contributed by atoms with Gasteiger partial charge in [-0.15, -0.1) is 0 Å². The highest BCUT2D eigenvalue weighted by molar-refractivity contribution is 5.62. The highest BCUT2D eigenvalue weighted by Crippen LogP contribution is 2.33. The first-order valence-corrected chi connectivity index (χ1v) is 6.54. The predicted molar refractivity (Wildman–Crippen MR) is 75.6 cm³/mol. The number of hydrogen-bond acceptors (Lipinski definition) is 6. The zero-order chi connectivity index (χ0) is 13.9. The van der Waals surface area contributed by atoms with Crippen LogP contribution in [0.4, 0.5) is 5.82 Å². The molecule has 2 aromatic rings. The van der Waals surface area contributed by atoms with Gasteiger partial charge < -0.3 is 14.9 Å². The fourth-order valence-electron chi connectivity index (χ4n) is 2.06. The maximum absolute atomic E-state index is 5.58. The number of aromatic nitrogens is 2. The van der Waals surface area contributed by atoms with Gasteiger partial charge in [0.2, 0.25) is 0 Å². The van der Waals surface area contributed by atoms with Crippen LogP contribution in [-0.4, -0.2) is 23.2 Å². The number of nitrogens with one attached hydrogen (secondary N) is 1. The van der Waals surface area contributed by atoms with E-state index in [1.54, 1.807) is 0 Å². The van der Waals surface area contributed by atoms with Crippen LogP contribution in [0.2, 0.25) is 0 Å². The molecule has 0 aliphatic carbocycles. The highest BCUT2D eigenvalue weighted by Gasteiger charge is 2.14. The summed E-state index contributed by atoms with van der Waals surface area (Å²) in [6, 6.07) is 7.52. The Bertz CT molecular complexity index is 608. The average Bonchev–Trinajstić information content (AvgIpc) is 2.53. The maximum atomic E-state index is 5.58. The van der Waals surface area contributed by atoms with Crippen LogP contribution in [0.25, 0.3) is 11.4 Å². The van der Waals surface area contributed by atoms with Crippen molar-refractivity contribution in [3.8, 4) is 22.9 Å². The molecule has 0 bridgehead atoms. The maximum Gasteiger partial charge on any atom is 0.162 e. The van der Waals surface area contributed by atoms with Crippen LogP contribution in [-0.2, 0) is 6.42 Å². The van der Waals surface area contributed by atoms with Crippen LogP contribution < -0.4 is 20.7 Å². The van der Waals surface area contributed by atoms with E-state index >= 15 is 0 Å². The van der Waals surface area contributed by atoms with Crippen molar-refractivity contribution in [2.45, 2.75) is 13.3 Å². The van der Waals surface area contributed by atoms with E-state index in [0.29, 0.717) is 24.9 Å². The summed E-state index contributed by atoms with van der Waals surface area (Å²) in [7, 11) is 0. The zero-order valence-corrected chi connectivity index (χ0v) is 11.2. The van der Waals surface area contributed by atoms with Crippen molar-refractivity contribution in [1.29, 1.82) is 0 Å². The third-order valence-corrected chi connectivity index (χ3v) is 3.09. The second-order valence-corrected chi connectivity index (χ2v) is 4.42. The topological polar surface area (TPSA) is 82.3 Å². The first-order valence-electron chi connectivity index (χ1n) is 6.54. The van der Waals surface area contributed by atoms with Crippen molar-refractivity contribution < 1.29 is 9.47 Å². The molecule has 1 aromatic carbocycles. The number of nitrogens with zero attached hydrogens (tertiary/aromatic N) is 2. The molecule has 0 saturated heterocycles. The van der Waals surface area contributed by atoms with Gasteiger partial charge in [-0.1, -0.05) is 6.92 Å². The van der Waals surface area contributed by atoms with Gasteiger partial charge in [-0.2, -0.15) is 0 Å². The van der Waals surface area contributed by atoms with Crippen molar-refractivity contribution in [3.05, 3.63) is 30.0 Å². The summed E-state index contributed by atoms with van der Waals surface area (Å²) < 4.78 is 11.1. The number of aryl methyl sites for hydroxylation is 1. The Kier molecular flexibility index (Phi) is 3.39. The standard InChI is InChI=1S/C14H16N4O2/c1-2-10-8-13(18-15)17-14(16-10)9-3-4-11-12(7-9)20-6-5-19-11/h3-4,7-8H,2,5-6,15H2,1H3,(H,16,17,18). The second kappa shape index (κ2) is 5.34. The molecule has 6 nitrogen and oxygen atoms in total. The number of fused-ring (bicyclic) bond motifs is 1. The first-order chi connectivity index (χ1) is 9.80. The molecule has 3 rings (SSSR count). The molecule has 0 spiro atoms. The summed E-state index contributed by atoms with van der Waals surface area (Å²) in [5, 5.41) is 0. The lowest BCUT2D eigenvalue weighted by Gasteiger charge is -2.18. The molecule has 20 heavy (non-hydrogen) atoms. The van der Waals surface area contributed by atoms with Gasteiger partial charge in [-0.05, 0) is 24.6 Å². The number of nitrogen functional groups attached to an aromatic ring is 1. The van der Waals surface area contributed by atoms with Gasteiger partial charge in [0.15, 0.2) is 17.3 Å². The summed E-state index contributed by atoms with van der Waals surface area (Å²) in [5.41, 5.74) is 4.37. The number of hydrogen-bond donors (Lipinski definition) is 2. The normalized spacial score (nSPS) is 13.1. The third kappa shape index (κ3) is 2.37. The van der Waals surface area contributed by atoms with Crippen molar-refractivity contribution in [3.63, 3.8) is 0 Å². The van der Waals surface area contributed by atoms with Gasteiger partial charge >= 0.3 is 0 Å². The number of rotatable bonds is 3. The van der Waals surface area contributed by atoms with Crippen molar-refractivity contribution in [2.75, 3.05) is 18.6 Å². The average molecular weight is 272 g/mol. The number of benzene rings is 1. The second-order valence-electron chi connectivity index (χ2n) is 4.42. The molecule has 0 unspecified atom stereocenters. The Morgan fingerprint density at radius 2 is 1.95 bits per heavy atom. The van der Waals surface area contributed by atoms with Crippen LogP contribution >= 0.6 is 0 Å². The Morgan fingerprint density at radius 1 is 1.15 bits per heavy atom. The fraction of sp³-hybridized carbons (Fsp3) is 0.286. The highest BCUT2D eigenvalue weighted by atomic mass is 16.6. The molecule has 0 fully saturated rings. The van der Waals surface area contributed by atoms with Crippen LogP contribution in [0.3, 0.4) is 0 Å². The molecule has 104 valence electrons. The Balaban J connectivity index is 2.03. The minimum absolute atomic E-state index is 0.557. The van der Waals surface area contributed by atoms with Gasteiger partial charge in [0.25, 0.3) is 0 Å². The Morgan fingerprint density at radius 3 is 2.70 bits per heavy atom. The van der Waals surface area contributed by atoms with Crippen LogP contribution in [0.5, 0.6) is 11.5 Å². The summed E-state index contributed by atoms with van der Waals surface area (Å²) in [6.45, 7) is 3.17. The van der Waals surface area contributed by atoms with Gasteiger partial charge in [-0.3, -0.25) is 0 Å². The van der Waals surface area contributed by atoms with Gasteiger partial charge in [-0.25, -0.2) is 15.8 Å². The SMILES string of the molecule is CCc1cc(NN)nc(-c2ccc3c(c2)OCCO3)n1. The summed E-state index contributed by atoms with van der Waals surface area (Å²) in [6.07, 6.45) is 0.814. The first kappa shape index (κ1) is 12.7.